The number of anilines is 1. The van der Waals surface area contributed by atoms with Gasteiger partial charge in [-0.25, -0.2) is 4.79 Å². The lowest BCUT2D eigenvalue weighted by Crippen LogP contribution is -2.03. The SMILES string of the molecule is O=C(O)c1cscc1NCc1ccncc1. The van der Waals surface area contributed by atoms with Crippen LogP contribution in [0.3, 0.4) is 0 Å². The Morgan fingerprint density at radius 3 is 2.81 bits per heavy atom. The Hall–Kier alpha value is -1.88. The molecule has 0 radical (unpaired) electrons. The van der Waals surface area contributed by atoms with Gasteiger partial charge in [-0.3, -0.25) is 4.98 Å². The van der Waals surface area contributed by atoms with Crippen LogP contribution in [-0.4, -0.2) is 16.1 Å². The second-order valence-electron chi connectivity index (χ2n) is 3.21. The summed E-state index contributed by atoms with van der Waals surface area (Å²) < 4.78 is 0. The Morgan fingerprint density at radius 1 is 1.38 bits per heavy atom. The first kappa shape index (κ1) is 10.6. The van der Waals surface area contributed by atoms with Gasteiger partial charge in [0.15, 0.2) is 0 Å². The number of pyridine rings is 1. The molecule has 2 N–H and O–H groups in total. The highest BCUT2D eigenvalue weighted by Gasteiger charge is 2.10. The number of hydrogen-bond acceptors (Lipinski definition) is 4. The van der Waals surface area contributed by atoms with Crippen LogP contribution in [0.2, 0.25) is 0 Å². The minimum Gasteiger partial charge on any atom is -0.478 e. The van der Waals surface area contributed by atoms with E-state index in [1.165, 1.54) is 11.3 Å². The molecule has 0 aromatic carbocycles. The molecule has 0 saturated heterocycles. The summed E-state index contributed by atoms with van der Waals surface area (Å²) in [5.41, 5.74) is 2.05. The van der Waals surface area contributed by atoms with Gasteiger partial charge < -0.3 is 10.4 Å². The van der Waals surface area contributed by atoms with E-state index < -0.39 is 5.97 Å². The molecule has 0 aliphatic heterocycles. The Morgan fingerprint density at radius 2 is 2.12 bits per heavy atom. The number of nitrogens with one attached hydrogen (secondary N) is 1. The number of carbonyl (C=O) groups is 1. The summed E-state index contributed by atoms with van der Waals surface area (Å²) in [6.07, 6.45) is 3.42. The van der Waals surface area contributed by atoms with Crippen molar-refractivity contribution in [1.29, 1.82) is 0 Å². The number of thiophene rings is 1. The van der Waals surface area contributed by atoms with E-state index in [0.717, 1.165) is 5.56 Å². The van der Waals surface area contributed by atoms with E-state index in [2.05, 4.69) is 10.3 Å². The van der Waals surface area contributed by atoms with Gasteiger partial charge in [0.1, 0.15) is 0 Å². The van der Waals surface area contributed by atoms with Crippen LogP contribution in [0.4, 0.5) is 5.69 Å². The molecule has 16 heavy (non-hydrogen) atoms. The molecule has 2 heterocycles. The monoisotopic (exact) mass is 234 g/mol. The molecule has 0 aliphatic rings. The van der Waals surface area contributed by atoms with Crippen LogP contribution < -0.4 is 5.32 Å². The zero-order chi connectivity index (χ0) is 11.4. The van der Waals surface area contributed by atoms with E-state index in [1.54, 1.807) is 23.2 Å². The van der Waals surface area contributed by atoms with Crippen molar-refractivity contribution < 1.29 is 9.90 Å². The zero-order valence-electron chi connectivity index (χ0n) is 8.38. The molecule has 4 nitrogen and oxygen atoms in total. The third-order valence-electron chi connectivity index (χ3n) is 2.12. The van der Waals surface area contributed by atoms with Gasteiger partial charge >= 0.3 is 5.97 Å². The minimum absolute atomic E-state index is 0.319. The van der Waals surface area contributed by atoms with Gasteiger partial charge in [0.25, 0.3) is 0 Å². The second kappa shape index (κ2) is 4.76. The maximum Gasteiger partial charge on any atom is 0.338 e. The number of carboxylic acids is 1. The lowest BCUT2D eigenvalue weighted by atomic mass is 10.2. The van der Waals surface area contributed by atoms with Crippen molar-refractivity contribution in [2.75, 3.05) is 5.32 Å². The van der Waals surface area contributed by atoms with Crippen molar-refractivity contribution >= 4 is 23.0 Å². The predicted molar refractivity (Wildman–Crippen MR) is 62.8 cm³/mol. The van der Waals surface area contributed by atoms with Crippen LogP contribution in [0.5, 0.6) is 0 Å². The maximum atomic E-state index is 10.9. The molecule has 0 spiro atoms. The van der Waals surface area contributed by atoms with Gasteiger partial charge in [-0.1, -0.05) is 0 Å². The number of aromatic carboxylic acids is 1. The highest BCUT2D eigenvalue weighted by molar-refractivity contribution is 7.08. The van der Waals surface area contributed by atoms with Crippen LogP contribution in [-0.2, 0) is 6.54 Å². The van der Waals surface area contributed by atoms with Crippen LogP contribution in [0.25, 0.3) is 0 Å². The Bertz CT molecular complexity index is 482. The summed E-state index contributed by atoms with van der Waals surface area (Å²) >= 11 is 1.37. The fourth-order valence-corrected chi connectivity index (χ4v) is 2.08. The highest BCUT2D eigenvalue weighted by atomic mass is 32.1. The maximum absolute atomic E-state index is 10.9. The summed E-state index contributed by atoms with van der Waals surface area (Å²) in [5, 5.41) is 15.4. The first-order valence-corrected chi connectivity index (χ1v) is 5.64. The molecule has 0 amide bonds. The molecule has 5 heteroatoms. The van der Waals surface area contributed by atoms with E-state index in [-0.39, 0.29) is 0 Å². The average molecular weight is 234 g/mol. The summed E-state index contributed by atoms with van der Waals surface area (Å²) in [4.78, 5) is 14.8. The predicted octanol–water partition coefficient (Wildman–Crippen LogP) is 2.45. The average Bonchev–Trinajstić information content (AvgIpc) is 2.76. The molecule has 0 aliphatic carbocycles. The molecule has 2 aromatic rings. The smallest absolute Gasteiger partial charge is 0.338 e. The van der Waals surface area contributed by atoms with E-state index >= 15 is 0 Å². The summed E-state index contributed by atoms with van der Waals surface area (Å²) in [7, 11) is 0. The highest BCUT2D eigenvalue weighted by Crippen LogP contribution is 2.21. The normalized spacial score (nSPS) is 10.0. The van der Waals surface area contributed by atoms with Crippen molar-refractivity contribution in [2.24, 2.45) is 0 Å². The molecule has 82 valence electrons. The van der Waals surface area contributed by atoms with Crippen molar-refractivity contribution in [3.05, 3.63) is 46.4 Å². The quantitative estimate of drug-likeness (QED) is 0.853. The number of rotatable bonds is 4. The number of hydrogen-bond donors (Lipinski definition) is 2. The summed E-state index contributed by atoms with van der Waals surface area (Å²) in [6.45, 7) is 0.597. The van der Waals surface area contributed by atoms with Crippen LogP contribution in [0.1, 0.15) is 15.9 Å². The fraction of sp³-hybridized carbons (Fsp3) is 0.0909. The Balaban J connectivity index is 2.05. The molecule has 0 atom stereocenters. The van der Waals surface area contributed by atoms with E-state index in [1.807, 2.05) is 12.1 Å². The molecule has 0 fully saturated rings. The second-order valence-corrected chi connectivity index (χ2v) is 3.96. The largest absolute Gasteiger partial charge is 0.478 e. The topological polar surface area (TPSA) is 62.2 Å². The number of nitrogens with zero attached hydrogens (tertiary/aromatic N) is 1. The molecular formula is C11H10N2O2S. The number of aromatic nitrogens is 1. The van der Waals surface area contributed by atoms with E-state index in [9.17, 15) is 4.79 Å². The zero-order valence-corrected chi connectivity index (χ0v) is 9.20. The number of carboxylic acid groups (broad SMARTS) is 1. The summed E-state index contributed by atoms with van der Waals surface area (Å²) in [5.74, 6) is -0.904. The molecule has 2 aromatic heterocycles. The van der Waals surface area contributed by atoms with Gasteiger partial charge in [0.05, 0.1) is 11.3 Å². The Kier molecular flexibility index (Phi) is 3.16. The van der Waals surface area contributed by atoms with E-state index in [4.69, 9.17) is 5.11 Å². The van der Waals surface area contributed by atoms with Gasteiger partial charge in [0.2, 0.25) is 0 Å². The third kappa shape index (κ3) is 2.38. The third-order valence-corrected chi connectivity index (χ3v) is 2.87. The van der Waals surface area contributed by atoms with Crippen LogP contribution in [0.15, 0.2) is 35.3 Å². The lowest BCUT2D eigenvalue weighted by molar-refractivity contribution is 0.0698. The van der Waals surface area contributed by atoms with Gasteiger partial charge in [-0.05, 0) is 17.7 Å². The van der Waals surface area contributed by atoms with Gasteiger partial charge in [-0.15, -0.1) is 11.3 Å². The Labute approximate surface area is 96.6 Å². The first-order valence-electron chi connectivity index (χ1n) is 4.69. The van der Waals surface area contributed by atoms with Crippen molar-refractivity contribution in [2.45, 2.75) is 6.54 Å². The fourth-order valence-electron chi connectivity index (χ4n) is 1.30. The minimum atomic E-state index is -0.904. The molecule has 0 saturated carbocycles. The van der Waals surface area contributed by atoms with Gasteiger partial charge in [0, 0.05) is 29.7 Å². The molecule has 2 rings (SSSR count). The van der Waals surface area contributed by atoms with Gasteiger partial charge in [-0.2, -0.15) is 0 Å². The summed E-state index contributed by atoms with van der Waals surface area (Å²) in [6, 6.07) is 3.78. The van der Waals surface area contributed by atoms with Crippen molar-refractivity contribution in [1.82, 2.24) is 4.98 Å². The molecular weight excluding hydrogens is 224 g/mol. The van der Waals surface area contributed by atoms with Crippen molar-refractivity contribution in [3.8, 4) is 0 Å². The first-order chi connectivity index (χ1) is 7.77. The molecule has 0 bridgehead atoms. The standard InChI is InChI=1S/C11H10N2O2S/c14-11(15)9-6-16-7-10(9)13-5-8-1-3-12-4-2-8/h1-4,6-7,13H,5H2,(H,14,15). The van der Waals surface area contributed by atoms with E-state index in [0.29, 0.717) is 17.8 Å². The van der Waals surface area contributed by atoms with Crippen LogP contribution in [0, 0.1) is 0 Å². The van der Waals surface area contributed by atoms with Crippen molar-refractivity contribution in [3.63, 3.8) is 0 Å². The molecule has 0 unspecified atom stereocenters. The van der Waals surface area contributed by atoms with Crippen LogP contribution >= 0.6 is 11.3 Å². The lowest BCUT2D eigenvalue weighted by Gasteiger charge is -2.05.